The summed E-state index contributed by atoms with van der Waals surface area (Å²) in [6, 6.07) is 16.8. The van der Waals surface area contributed by atoms with Crippen molar-refractivity contribution in [1.29, 1.82) is 0 Å². The second kappa shape index (κ2) is 7.84. The first-order valence-electron chi connectivity index (χ1n) is 10.9. The van der Waals surface area contributed by atoms with Gasteiger partial charge >= 0.3 is 0 Å². The first kappa shape index (κ1) is 20.3. The molecular formula is C25H30N4OS. The van der Waals surface area contributed by atoms with E-state index in [9.17, 15) is 4.21 Å². The van der Waals surface area contributed by atoms with E-state index in [2.05, 4.69) is 64.9 Å². The van der Waals surface area contributed by atoms with Crippen molar-refractivity contribution in [2.45, 2.75) is 18.4 Å². The van der Waals surface area contributed by atoms with Crippen LogP contribution < -0.4 is 9.80 Å². The van der Waals surface area contributed by atoms with Crippen LogP contribution in [0.3, 0.4) is 0 Å². The number of benzene rings is 2. The zero-order chi connectivity index (χ0) is 21.6. The van der Waals surface area contributed by atoms with E-state index in [0.717, 1.165) is 48.0 Å². The van der Waals surface area contributed by atoms with E-state index >= 15 is 0 Å². The van der Waals surface area contributed by atoms with Crippen molar-refractivity contribution in [2.24, 2.45) is 0 Å². The third-order valence-corrected chi connectivity index (χ3v) is 8.56. The fraction of sp³-hybridized carbons (Fsp3) is 0.360. The van der Waals surface area contributed by atoms with E-state index < -0.39 is 9.52 Å². The highest BCUT2D eigenvalue weighted by molar-refractivity contribution is 8.00. The van der Waals surface area contributed by atoms with Crippen LogP contribution in [0.25, 0.3) is 10.9 Å². The third kappa shape index (κ3) is 3.90. The summed E-state index contributed by atoms with van der Waals surface area (Å²) < 4.78 is 13.2. The van der Waals surface area contributed by atoms with Gasteiger partial charge in [0, 0.05) is 67.1 Å². The molecule has 0 amide bonds. The molecule has 2 aromatic carbocycles. The number of hydrogen-bond acceptors (Lipinski definition) is 5. The van der Waals surface area contributed by atoms with Gasteiger partial charge in [0.15, 0.2) is 0 Å². The number of piperazine rings is 1. The van der Waals surface area contributed by atoms with E-state index in [4.69, 9.17) is 4.98 Å². The van der Waals surface area contributed by atoms with E-state index in [0.29, 0.717) is 18.8 Å². The van der Waals surface area contributed by atoms with Gasteiger partial charge in [-0.05, 0) is 53.1 Å². The minimum absolute atomic E-state index is 0.543. The Morgan fingerprint density at radius 1 is 0.968 bits per heavy atom. The van der Waals surface area contributed by atoms with Crippen LogP contribution in [0.4, 0.5) is 11.5 Å². The second-order valence-electron chi connectivity index (χ2n) is 8.86. The lowest BCUT2D eigenvalue weighted by Crippen LogP contribution is -2.44. The predicted octanol–water partition coefficient (Wildman–Crippen LogP) is 3.39. The van der Waals surface area contributed by atoms with E-state index in [-0.39, 0.29) is 0 Å². The Balaban J connectivity index is 1.60. The van der Waals surface area contributed by atoms with Gasteiger partial charge in [0.05, 0.1) is 5.52 Å². The van der Waals surface area contributed by atoms with Gasteiger partial charge < -0.3 is 14.7 Å². The second-order valence-corrected chi connectivity index (χ2v) is 11.3. The Labute approximate surface area is 185 Å². The summed E-state index contributed by atoms with van der Waals surface area (Å²) in [5.41, 5.74) is 4.61. The van der Waals surface area contributed by atoms with E-state index in [1.54, 1.807) is 0 Å². The highest BCUT2D eigenvalue weighted by Gasteiger charge is 2.24. The van der Waals surface area contributed by atoms with Gasteiger partial charge in [-0.3, -0.25) is 4.21 Å². The molecule has 0 N–H and O–H groups in total. The lowest BCUT2D eigenvalue weighted by Gasteiger charge is -2.35. The summed E-state index contributed by atoms with van der Waals surface area (Å²) in [6.07, 6.45) is 0. The molecule has 0 saturated carbocycles. The highest BCUT2D eigenvalue weighted by Crippen LogP contribution is 2.33. The van der Waals surface area contributed by atoms with Gasteiger partial charge in [-0.1, -0.05) is 29.8 Å². The number of aromatic nitrogens is 1. The molecule has 1 unspecified atom stereocenters. The maximum atomic E-state index is 13.2. The van der Waals surface area contributed by atoms with Crippen LogP contribution in [-0.2, 0) is 16.1 Å². The van der Waals surface area contributed by atoms with Crippen LogP contribution >= 0.6 is 0 Å². The lowest BCUT2D eigenvalue weighted by atomic mass is 10.1. The van der Waals surface area contributed by atoms with Crippen LogP contribution in [-0.4, -0.2) is 65.5 Å². The molecule has 31 heavy (non-hydrogen) atoms. The van der Waals surface area contributed by atoms with E-state index in [1.807, 2.05) is 18.2 Å². The smallest absolute Gasteiger partial charge is 0.131 e. The molecule has 1 fully saturated rings. The largest absolute Gasteiger partial charge is 0.368 e. The predicted molar refractivity (Wildman–Crippen MR) is 132 cm³/mol. The molecule has 3 heterocycles. The fourth-order valence-corrected chi connectivity index (χ4v) is 6.30. The summed E-state index contributed by atoms with van der Waals surface area (Å²) in [6.45, 7) is 7.67. The Bertz CT molecular complexity index is 1230. The van der Waals surface area contributed by atoms with Crippen molar-refractivity contribution in [3.05, 3.63) is 59.7 Å². The molecule has 2 aliphatic heterocycles. The van der Waals surface area contributed by atoms with Crippen molar-refractivity contribution >= 4 is 37.8 Å². The normalized spacial score (nSPS) is 22.4. The number of aryl methyl sites for hydroxylation is 1. The molecule has 162 valence electrons. The Morgan fingerprint density at radius 2 is 1.74 bits per heavy atom. The maximum absolute atomic E-state index is 13.2. The monoisotopic (exact) mass is 434 g/mol. The molecule has 0 aliphatic carbocycles. The molecule has 5 nitrogen and oxygen atoms in total. The van der Waals surface area contributed by atoms with Gasteiger partial charge in [-0.2, -0.15) is 0 Å². The molecule has 0 bridgehead atoms. The molecule has 0 radical (unpaired) electrons. The number of fused-ring (bicyclic) bond motifs is 2. The number of hydrogen-bond donors (Lipinski definition) is 0. The maximum Gasteiger partial charge on any atom is 0.131 e. The molecule has 0 spiro atoms. The molecule has 2 aliphatic rings. The first-order chi connectivity index (χ1) is 14.9. The molecule has 1 aromatic heterocycles. The van der Waals surface area contributed by atoms with Crippen molar-refractivity contribution < 1.29 is 4.21 Å². The Kier molecular flexibility index (Phi) is 5.15. The van der Waals surface area contributed by atoms with Gasteiger partial charge in [0.25, 0.3) is 0 Å². The van der Waals surface area contributed by atoms with Gasteiger partial charge in [-0.15, -0.1) is 0 Å². The van der Waals surface area contributed by atoms with Crippen LogP contribution in [0, 0.1) is 6.92 Å². The Morgan fingerprint density at radius 3 is 2.55 bits per heavy atom. The minimum Gasteiger partial charge on any atom is -0.368 e. The average Bonchev–Trinajstić information content (AvgIpc) is 2.90. The minimum atomic E-state index is -2.29. The fourth-order valence-electron chi connectivity index (χ4n) is 4.62. The summed E-state index contributed by atoms with van der Waals surface area (Å²) >= 11 is 0. The summed E-state index contributed by atoms with van der Waals surface area (Å²) in [5, 5.41) is 1.21. The summed E-state index contributed by atoms with van der Waals surface area (Å²) in [4.78, 5) is 13.1. The number of pyridine rings is 1. The highest BCUT2D eigenvalue weighted by atomic mass is 32.2. The van der Waals surface area contributed by atoms with Crippen molar-refractivity contribution in [3.63, 3.8) is 0 Å². The molecule has 6 heteroatoms. The number of nitrogens with zero attached hydrogens (tertiary/aromatic N) is 4. The lowest BCUT2D eigenvalue weighted by molar-refractivity contribution is 0.313. The van der Waals surface area contributed by atoms with E-state index in [1.165, 1.54) is 16.6 Å². The standard InChI is InChI=1S/C25H30N4OS/c1-19-8-9-22-21(16-19)23(28-12-10-27(2)11-13-28)17-25(26-22)29-14-15-31(3,30)24-7-5-4-6-20(24)18-29/h4-9,16-17H,3,10-15,18H2,1-2H3. The van der Waals surface area contributed by atoms with Gasteiger partial charge in [0.1, 0.15) is 5.82 Å². The summed E-state index contributed by atoms with van der Waals surface area (Å²) in [5.74, 6) is 5.58. The number of rotatable bonds is 2. The van der Waals surface area contributed by atoms with Crippen LogP contribution in [0.15, 0.2) is 53.4 Å². The van der Waals surface area contributed by atoms with Gasteiger partial charge in [-0.25, -0.2) is 4.98 Å². The number of anilines is 2. The molecule has 1 atom stereocenters. The third-order valence-electron chi connectivity index (χ3n) is 6.52. The SMILES string of the molecule is C=S1(=O)CCN(c2cc(N3CCN(C)CC3)c3cc(C)ccc3n2)Cc2ccccc21. The Hall–Kier alpha value is -2.57. The average molecular weight is 435 g/mol. The zero-order valence-corrected chi connectivity index (χ0v) is 19.2. The van der Waals surface area contributed by atoms with Crippen molar-refractivity contribution in [2.75, 3.05) is 55.3 Å². The molecule has 5 rings (SSSR count). The first-order valence-corrected chi connectivity index (χ1v) is 12.8. The van der Waals surface area contributed by atoms with Crippen molar-refractivity contribution in [3.8, 4) is 0 Å². The topological polar surface area (TPSA) is 39.7 Å². The van der Waals surface area contributed by atoms with Crippen LogP contribution in [0.2, 0.25) is 0 Å². The molecule has 1 saturated heterocycles. The van der Waals surface area contributed by atoms with Crippen LogP contribution in [0.1, 0.15) is 11.1 Å². The van der Waals surface area contributed by atoms with Crippen LogP contribution in [0.5, 0.6) is 0 Å². The summed E-state index contributed by atoms with van der Waals surface area (Å²) in [7, 11) is -0.107. The van der Waals surface area contributed by atoms with Crippen molar-refractivity contribution in [1.82, 2.24) is 9.88 Å². The zero-order valence-electron chi connectivity index (χ0n) is 18.4. The molecule has 3 aromatic rings. The number of likely N-dealkylation sites (N-methyl/N-ethyl adjacent to an activating group) is 1. The molecular weight excluding hydrogens is 404 g/mol. The quantitative estimate of drug-likeness (QED) is 0.578. The van der Waals surface area contributed by atoms with Gasteiger partial charge in [0.2, 0.25) is 0 Å².